The Kier molecular flexibility index (Phi) is 4.91. The summed E-state index contributed by atoms with van der Waals surface area (Å²) in [5, 5.41) is 13.5. The van der Waals surface area contributed by atoms with E-state index >= 15 is 0 Å². The van der Waals surface area contributed by atoms with Crippen LogP contribution < -0.4 is 11.1 Å². The van der Waals surface area contributed by atoms with Crippen molar-refractivity contribution in [3.63, 3.8) is 0 Å². The fourth-order valence-corrected chi connectivity index (χ4v) is 1.88. The van der Waals surface area contributed by atoms with Gasteiger partial charge in [0, 0.05) is 18.7 Å². The summed E-state index contributed by atoms with van der Waals surface area (Å²) in [7, 11) is 1.51. The number of nitrogens with zero attached hydrogens (tertiary/aromatic N) is 1. The van der Waals surface area contributed by atoms with Gasteiger partial charge in [-0.15, -0.1) is 0 Å². The van der Waals surface area contributed by atoms with Gasteiger partial charge in [-0.25, -0.2) is 0 Å². The highest BCUT2D eigenvalue weighted by Gasteiger charge is 2.24. The predicted molar refractivity (Wildman–Crippen MR) is 75.9 cm³/mol. The molecule has 20 heavy (non-hydrogen) atoms. The number of nitro groups is 1. The van der Waals surface area contributed by atoms with Crippen LogP contribution in [0.5, 0.6) is 0 Å². The molecule has 0 unspecified atom stereocenters. The summed E-state index contributed by atoms with van der Waals surface area (Å²) >= 11 is 5.81. The molecule has 0 aliphatic heterocycles. The molecule has 3 N–H and O–H groups in total. The van der Waals surface area contributed by atoms with Gasteiger partial charge < -0.3 is 15.8 Å². The minimum Gasteiger partial charge on any atom is -0.392 e. The number of anilines is 1. The van der Waals surface area contributed by atoms with E-state index < -0.39 is 22.1 Å². The van der Waals surface area contributed by atoms with Gasteiger partial charge >= 0.3 is 0 Å². The van der Waals surface area contributed by atoms with Crippen LogP contribution in [0.4, 0.5) is 11.4 Å². The van der Waals surface area contributed by atoms with E-state index in [4.69, 9.17) is 22.1 Å². The zero-order valence-electron chi connectivity index (χ0n) is 11.4. The van der Waals surface area contributed by atoms with Crippen LogP contribution >= 0.6 is 11.6 Å². The van der Waals surface area contributed by atoms with Gasteiger partial charge in [0.1, 0.15) is 5.69 Å². The first-order valence-electron chi connectivity index (χ1n) is 5.73. The first-order valence-corrected chi connectivity index (χ1v) is 6.10. The number of benzene rings is 1. The lowest BCUT2D eigenvalue weighted by Crippen LogP contribution is -2.46. The summed E-state index contributed by atoms with van der Waals surface area (Å²) in [6.45, 7) is 3.83. The maximum absolute atomic E-state index is 12.1. The topological polar surface area (TPSA) is 107 Å². The standard InChI is InChI=1S/C12H16ClN3O4/c1-12(2,6-20-3)15-11(17)7-4-8(13)10(14)9(5-7)16(18)19/h4-5H,6,14H2,1-3H3,(H,15,17). The predicted octanol–water partition coefficient (Wildman–Crippen LogP) is 1.99. The monoisotopic (exact) mass is 301 g/mol. The number of hydrogen-bond donors (Lipinski definition) is 2. The molecule has 0 radical (unpaired) electrons. The van der Waals surface area contributed by atoms with Gasteiger partial charge in [-0.05, 0) is 19.9 Å². The zero-order chi connectivity index (χ0) is 15.5. The molecule has 0 spiro atoms. The molecule has 0 aromatic heterocycles. The van der Waals surface area contributed by atoms with E-state index in [2.05, 4.69) is 5.32 Å². The number of nitrogen functional groups attached to an aromatic ring is 1. The number of halogens is 1. The molecule has 1 aromatic rings. The van der Waals surface area contributed by atoms with Crippen molar-refractivity contribution in [2.24, 2.45) is 0 Å². The summed E-state index contributed by atoms with van der Waals surface area (Å²) in [6, 6.07) is 2.39. The fraction of sp³-hybridized carbons (Fsp3) is 0.417. The molecular weight excluding hydrogens is 286 g/mol. The van der Waals surface area contributed by atoms with Crippen molar-refractivity contribution in [3.8, 4) is 0 Å². The largest absolute Gasteiger partial charge is 0.392 e. The Morgan fingerprint density at radius 3 is 2.65 bits per heavy atom. The number of methoxy groups -OCH3 is 1. The Morgan fingerprint density at radius 1 is 1.55 bits per heavy atom. The number of ether oxygens (including phenoxy) is 1. The van der Waals surface area contributed by atoms with E-state index in [1.54, 1.807) is 13.8 Å². The number of nitrogens with one attached hydrogen (secondary N) is 1. The van der Waals surface area contributed by atoms with Gasteiger partial charge in [-0.2, -0.15) is 0 Å². The van der Waals surface area contributed by atoms with Crippen molar-refractivity contribution in [1.29, 1.82) is 0 Å². The highest BCUT2D eigenvalue weighted by Crippen LogP contribution is 2.30. The third kappa shape index (κ3) is 3.82. The van der Waals surface area contributed by atoms with Crippen molar-refractivity contribution in [2.75, 3.05) is 19.5 Å². The van der Waals surface area contributed by atoms with E-state index in [1.807, 2.05) is 0 Å². The highest BCUT2D eigenvalue weighted by molar-refractivity contribution is 6.34. The van der Waals surface area contributed by atoms with Crippen LogP contribution in [-0.2, 0) is 4.74 Å². The number of nitro benzene ring substituents is 1. The van der Waals surface area contributed by atoms with E-state index in [-0.39, 0.29) is 16.3 Å². The molecular formula is C12H16ClN3O4. The summed E-state index contributed by atoms with van der Waals surface area (Å²) in [5.41, 5.74) is 4.40. The summed E-state index contributed by atoms with van der Waals surface area (Å²) < 4.78 is 4.98. The van der Waals surface area contributed by atoms with E-state index in [0.29, 0.717) is 6.61 Å². The molecule has 0 fully saturated rings. The first-order chi connectivity index (χ1) is 9.18. The van der Waals surface area contributed by atoms with Crippen molar-refractivity contribution in [1.82, 2.24) is 5.32 Å². The smallest absolute Gasteiger partial charge is 0.294 e. The molecule has 0 atom stereocenters. The fourth-order valence-electron chi connectivity index (χ4n) is 1.66. The second-order valence-electron chi connectivity index (χ2n) is 4.92. The molecule has 1 aromatic carbocycles. The summed E-state index contributed by atoms with van der Waals surface area (Å²) in [5.74, 6) is -0.489. The number of carbonyl (C=O) groups is 1. The molecule has 0 heterocycles. The van der Waals surface area contributed by atoms with Crippen LogP contribution in [0.15, 0.2) is 12.1 Å². The van der Waals surface area contributed by atoms with Crippen LogP contribution in [-0.4, -0.2) is 30.1 Å². The number of amides is 1. The molecule has 7 nitrogen and oxygen atoms in total. The zero-order valence-corrected chi connectivity index (χ0v) is 12.2. The highest BCUT2D eigenvalue weighted by atomic mass is 35.5. The Morgan fingerprint density at radius 2 is 2.15 bits per heavy atom. The Balaban J connectivity index is 3.09. The molecule has 1 amide bonds. The molecule has 8 heteroatoms. The average Bonchev–Trinajstić information content (AvgIpc) is 2.31. The molecule has 110 valence electrons. The summed E-state index contributed by atoms with van der Waals surface area (Å²) in [4.78, 5) is 22.3. The van der Waals surface area contributed by atoms with Crippen LogP contribution in [0.2, 0.25) is 5.02 Å². The minimum atomic E-state index is -0.682. The molecule has 0 aliphatic carbocycles. The molecule has 0 saturated heterocycles. The third-order valence-electron chi connectivity index (χ3n) is 2.52. The van der Waals surface area contributed by atoms with Gasteiger partial charge in [0.25, 0.3) is 11.6 Å². The quantitative estimate of drug-likeness (QED) is 0.491. The Labute approximate surface area is 121 Å². The average molecular weight is 302 g/mol. The molecule has 0 saturated carbocycles. The van der Waals surface area contributed by atoms with Crippen molar-refractivity contribution >= 4 is 28.9 Å². The Bertz CT molecular complexity index is 546. The van der Waals surface area contributed by atoms with Gasteiger partial charge in [0.2, 0.25) is 0 Å². The molecule has 0 bridgehead atoms. The SMILES string of the molecule is COCC(C)(C)NC(=O)c1cc(Cl)c(N)c([N+](=O)[O-])c1. The molecule has 0 aliphatic rings. The van der Waals surface area contributed by atoms with Crippen molar-refractivity contribution < 1.29 is 14.5 Å². The normalized spacial score (nSPS) is 11.2. The number of nitrogens with two attached hydrogens (primary N) is 1. The minimum absolute atomic E-state index is 0.0334. The van der Waals surface area contributed by atoms with Crippen molar-refractivity contribution in [3.05, 3.63) is 32.8 Å². The maximum atomic E-state index is 12.1. The van der Waals surface area contributed by atoms with E-state index in [0.717, 1.165) is 6.07 Å². The number of rotatable bonds is 5. The van der Waals surface area contributed by atoms with Gasteiger partial charge in [0.05, 0.1) is 22.1 Å². The number of hydrogen-bond acceptors (Lipinski definition) is 5. The van der Waals surface area contributed by atoms with Gasteiger partial charge in [0.15, 0.2) is 0 Å². The second-order valence-corrected chi connectivity index (χ2v) is 5.33. The maximum Gasteiger partial charge on any atom is 0.294 e. The third-order valence-corrected chi connectivity index (χ3v) is 2.84. The summed E-state index contributed by atoms with van der Waals surface area (Å²) in [6.07, 6.45) is 0. The molecule has 1 rings (SSSR count). The first kappa shape index (κ1) is 16.2. The number of carbonyl (C=O) groups excluding carboxylic acids is 1. The lowest BCUT2D eigenvalue weighted by atomic mass is 10.1. The second kappa shape index (κ2) is 6.06. The lowest BCUT2D eigenvalue weighted by Gasteiger charge is -2.25. The Hall–Kier alpha value is -1.86. The van der Waals surface area contributed by atoms with Crippen LogP contribution in [0.1, 0.15) is 24.2 Å². The van der Waals surface area contributed by atoms with Crippen molar-refractivity contribution in [2.45, 2.75) is 19.4 Å². The van der Waals surface area contributed by atoms with Crippen LogP contribution in [0, 0.1) is 10.1 Å². The van der Waals surface area contributed by atoms with Gasteiger partial charge in [-0.1, -0.05) is 11.6 Å². The lowest BCUT2D eigenvalue weighted by molar-refractivity contribution is -0.383. The van der Waals surface area contributed by atoms with Gasteiger partial charge in [-0.3, -0.25) is 14.9 Å². The van der Waals surface area contributed by atoms with E-state index in [1.165, 1.54) is 13.2 Å². The van der Waals surface area contributed by atoms with E-state index in [9.17, 15) is 14.9 Å². The van der Waals surface area contributed by atoms with Crippen LogP contribution in [0.3, 0.4) is 0 Å². The van der Waals surface area contributed by atoms with Crippen LogP contribution in [0.25, 0.3) is 0 Å².